The third kappa shape index (κ3) is 4.33. The molecular weight excluding hydrogens is 511 g/mol. The molecule has 0 unspecified atom stereocenters. The smallest absolute Gasteiger partial charge is 0.328 e. The second kappa shape index (κ2) is 8.78. The van der Waals surface area contributed by atoms with Gasteiger partial charge in [0, 0.05) is 50.6 Å². The van der Waals surface area contributed by atoms with Crippen molar-refractivity contribution in [3.8, 4) is 0 Å². The highest BCUT2D eigenvalue weighted by atomic mass is 35.5. The molecular formula is C26H24Cl2O8. The van der Waals surface area contributed by atoms with Gasteiger partial charge in [-0.25, -0.2) is 0 Å². The molecule has 0 spiro atoms. The molecule has 0 saturated carbocycles. The lowest BCUT2D eigenvalue weighted by Gasteiger charge is -2.51. The number of rotatable bonds is 5. The number of benzene rings is 2. The minimum Gasteiger partial charge on any atom is -0.422 e. The van der Waals surface area contributed by atoms with Crippen LogP contribution < -0.4 is 0 Å². The van der Waals surface area contributed by atoms with Crippen molar-refractivity contribution in [1.82, 2.24) is 0 Å². The van der Waals surface area contributed by atoms with Gasteiger partial charge in [-0.2, -0.15) is 0 Å². The Kier molecular flexibility index (Phi) is 6.34. The molecule has 0 amide bonds. The molecule has 2 fully saturated rings. The van der Waals surface area contributed by atoms with Crippen LogP contribution >= 0.6 is 23.2 Å². The Hall–Kier alpha value is -3.10. The van der Waals surface area contributed by atoms with E-state index < -0.39 is 59.1 Å². The summed E-state index contributed by atoms with van der Waals surface area (Å²) in [6, 6.07) is 12.5. The van der Waals surface area contributed by atoms with Gasteiger partial charge in [-0.05, 0) is 35.4 Å². The summed E-state index contributed by atoms with van der Waals surface area (Å²) in [4.78, 5) is 55.3. The normalized spacial score (nSPS) is 21.6. The summed E-state index contributed by atoms with van der Waals surface area (Å²) in [5, 5.41) is 0.827. The molecule has 2 heterocycles. The topological polar surface area (TPSA) is 105 Å². The zero-order valence-corrected chi connectivity index (χ0v) is 21.6. The molecule has 2 aliphatic heterocycles. The number of cyclic esters (lactones) is 4. The van der Waals surface area contributed by atoms with Crippen LogP contribution in [0.15, 0.2) is 48.5 Å². The van der Waals surface area contributed by atoms with Crippen molar-refractivity contribution in [2.24, 2.45) is 10.8 Å². The van der Waals surface area contributed by atoms with E-state index in [1.807, 2.05) is 0 Å². The van der Waals surface area contributed by atoms with Crippen molar-refractivity contribution in [2.45, 2.75) is 52.1 Å². The van der Waals surface area contributed by atoms with Crippen molar-refractivity contribution < 1.29 is 38.1 Å². The Bertz CT molecular complexity index is 1090. The lowest BCUT2D eigenvalue weighted by atomic mass is 9.57. The van der Waals surface area contributed by atoms with E-state index in [2.05, 4.69) is 0 Å². The second-order valence-corrected chi connectivity index (χ2v) is 10.6. The summed E-state index contributed by atoms with van der Waals surface area (Å²) in [6.45, 7) is 5.51. The van der Waals surface area contributed by atoms with E-state index in [4.69, 9.17) is 42.1 Å². The fourth-order valence-electron chi connectivity index (χ4n) is 4.55. The molecule has 36 heavy (non-hydrogen) atoms. The molecule has 0 aliphatic carbocycles. The van der Waals surface area contributed by atoms with Crippen molar-refractivity contribution in [3.05, 3.63) is 69.7 Å². The third-order valence-electron chi connectivity index (χ3n) is 6.24. The maximum Gasteiger partial charge on any atom is 0.328 e. The Morgan fingerprint density at radius 1 is 0.528 bits per heavy atom. The minimum absolute atomic E-state index is 0.414. The van der Waals surface area contributed by atoms with E-state index >= 15 is 0 Å². The lowest BCUT2D eigenvalue weighted by Crippen LogP contribution is -2.71. The number of halogens is 2. The van der Waals surface area contributed by atoms with Crippen LogP contribution in [-0.4, -0.2) is 35.5 Å². The van der Waals surface area contributed by atoms with E-state index in [0.717, 1.165) is 0 Å². The summed E-state index contributed by atoms with van der Waals surface area (Å²) in [6.07, 6.45) is -0.841. The summed E-state index contributed by atoms with van der Waals surface area (Å²) in [5.74, 6) is -7.69. The number of carbonyl (C=O) groups excluding carboxylic acids is 4. The van der Waals surface area contributed by atoms with Gasteiger partial charge in [0.25, 0.3) is 11.6 Å². The van der Waals surface area contributed by atoms with E-state index in [9.17, 15) is 19.2 Å². The zero-order chi connectivity index (χ0) is 26.5. The highest BCUT2D eigenvalue weighted by Gasteiger charge is 2.77. The Balaban J connectivity index is 1.99. The Labute approximate surface area is 217 Å². The van der Waals surface area contributed by atoms with E-state index in [1.165, 1.54) is 27.7 Å². The number of ether oxygens (including phenoxy) is 4. The average molecular weight is 535 g/mol. The summed E-state index contributed by atoms with van der Waals surface area (Å²) < 4.78 is 22.0. The predicted molar refractivity (Wildman–Crippen MR) is 128 cm³/mol. The summed E-state index contributed by atoms with van der Waals surface area (Å²) in [5.41, 5.74) is -4.09. The van der Waals surface area contributed by atoms with Gasteiger partial charge < -0.3 is 18.9 Å². The van der Waals surface area contributed by atoms with E-state index in [0.29, 0.717) is 21.2 Å². The first-order valence-electron chi connectivity index (χ1n) is 11.1. The van der Waals surface area contributed by atoms with Gasteiger partial charge in [0.05, 0.1) is 0 Å². The SMILES string of the molecule is CC1(C)OC(=O)C(Cc2ccc(Cl)cc2)(C2(Cc3ccc(Cl)cc3)C(=O)OC(C)(C)OC2=O)C(=O)O1. The van der Waals surface area contributed by atoms with Gasteiger partial charge in [0.15, 0.2) is 10.8 Å². The zero-order valence-electron chi connectivity index (χ0n) is 20.1. The fraction of sp³-hybridized carbons (Fsp3) is 0.385. The number of esters is 4. The average Bonchev–Trinajstić information content (AvgIpc) is 2.75. The fourth-order valence-corrected chi connectivity index (χ4v) is 4.81. The first-order valence-corrected chi connectivity index (χ1v) is 11.9. The maximum atomic E-state index is 13.8. The van der Waals surface area contributed by atoms with Gasteiger partial charge in [0.2, 0.25) is 0 Å². The van der Waals surface area contributed by atoms with Gasteiger partial charge >= 0.3 is 23.9 Å². The lowest BCUT2D eigenvalue weighted by molar-refractivity contribution is -0.283. The van der Waals surface area contributed by atoms with Crippen molar-refractivity contribution in [3.63, 3.8) is 0 Å². The molecule has 8 nitrogen and oxygen atoms in total. The van der Waals surface area contributed by atoms with Crippen LogP contribution in [0.4, 0.5) is 0 Å². The first kappa shape index (κ1) is 26.0. The quantitative estimate of drug-likeness (QED) is 0.409. The Morgan fingerprint density at radius 3 is 1.03 bits per heavy atom. The summed E-state index contributed by atoms with van der Waals surface area (Å²) >= 11 is 12.0. The standard InChI is InChI=1S/C26H24Cl2O8/c1-23(2)33-19(29)25(20(30)34-23,13-15-5-9-17(27)10-6-15)26(14-16-7-11-18(28)12-8-16)21(31)35-24(3,4)36-22(26)32/h5-12H,13-14H2,1-4H3. The van der Waals surface area contributed by atoms with Gasteiger partial charge in [0.1, 0.15) is 0 Å². The van der Waals surface area contributed by atoms with Gasteiger partial charge in [-0.3, -0.25) is 19.2 Å². The Morgan fingerprint density at radius 2 is 0.778 bits per heavy atom. The monoisotopic (exact) mass is 534 g/mol. The second-order valence-electron chi connectivity index (χ2n) is 9.77. The first-order chi connectivity index (χ1) is 16.7. The van der Waals surface area contributed by atoms with E-state index in [-0.39, 0.29) is 0 Å². The molecule has 0 bridgehead atoms. The minimum atomic E-state index is -2.47. The number of carbonyl (C=O) groups is 4. The van der Waals surface area contributed by atoms with Crippen LogP contribution in [0.1, 0.15) is 38.8 Å². The van der Waals surface area contributed by atoms with Crippen LogP contribution in [0, 0.1) is 10.8 Å². The van der Waals surface area contributed by atoms with Crippen LogP contribution in [0.5, 0.6) is 0 Å². The molecule has 0 aromatic heterocycles. The molecule has 0 radical (unpaired) electrons. The van der Waals surface area contributed by atoms with Crippen molar-refractivity contribution >= 4 is 47.1 Å². The molecule has 190 valence electrons. The highest BCUT2D eigenvalue weighted by Crippen LogP contribution is 2.54. The van der Waals surface area contributed by atoms with Crippen LogP contribution in [0.25, 0.3) is 0 Å². The van der Waals surface area contributed by atoms with Crippen molar-refractivity contribution in [1.29, 1.82) is 0 Å². The number of hydrogen-bond acceptors (Lipinski definition) is 8. The van der Waals surface area contributed by atoms with Gasteiger partial charge in [-0.15, -0.1) is 0 Å². The van der Waals surface area contributed by atoms with Crippen molar-refractivity contribution in [2.75, 3.05) is 0 Å². The highest BCUT2D eigenvalue weighted by molar-refractivity contribution is 6.30. The largest absolute Gasteiger partial charge is 0.422 e. The molecule has 0 N–H and O–H groups in total. The maximum absolute atomic E-state index is 13.8. The van der Waals surface area contributed by atoms with Crippen LogP contribution in [0.2, 0.25) is 10.0 Å². The molecule has 4 rings (SSSR count). The predicted octanol–water partition coefficient (Wildman–Crippen LogP) is 4.42. The van der Waals surface area contributed by atoms with Crippen LogP contribution in [0.3, 0.4) is 0 Å². The molecule has 2 aromatic rings. The molecule has 2 aliphatic rings. The molecule has 0 atom stereocenters. The number of hydrogen-bond donors (Lipinski definition) is 0. The molecule has 2 aromatic carbocycles. The third-order valence-corrected chi connectivity index (χ3v) is 6.75. The van der Waals surface area contributed by atoms with E-state index in [1.54, 1.807) is 48.5 Å². The van der Waals surface area contributed by atoms with Gasteiger partial charge in [-0.1, -0.05) is 47.5 Å². The van der Waals surface area contributed by atoms with Crippen LogP contribution in [-0.2, 0) is 51.0 Å². The molecule has 2 saturated heterocycles. The summed E-state index contributed by atoms with van der Waals surface area (Å²) in [7, 11) is 0. The molecule has 10 heteroatoms.